The number of methoxy groups -OCH3 is 1. The van der Waals surface area contributed by atoms with Crippen LogP contribution in [0.2, 0.25) is 0 Å². The van der Waals surface area contributed by atoms with E-state index in [1.807, 2.05) is 6.92 Å². The van der Waals surface area contributed by atoms with Gasteiger partial charge in [0.1, 0.15) is 0 Å². The first-order chi connectivity index (χ1) is 8.67. The Balaban J connectivity index is 2.67. The van der Waals surface area contributed by atoms with Crippen molar-refractivity contribution in [3.05, 3.63) is 12.3 Å². The molecule has 18 heavy (non-hydrogen) atoms. The van der Waals surface area contributed by atoms with Crippen LogP contribution < -0.4 is 10.1 Å². The fraction of sp³-hybridized carbons (Fsp3) is 0.545. The SMILES string of the molecule is CCCOc1ccnc(NC(COC)C(=O)O)n1. The second-order valence-corrected chi connectivity index (χ2v) is 3.56. The van der Waals surface area contributed by atoms with Crippen LogP contribution in [0, 0.1) is 0 Å². The Hall–Kier alpha value is -1.89. The molecule has 0 radical (unpaired) electrons. The molecule has 0 spiro atoms. The summed E-state index contributed by atoms with van der Waals surface area (Å²) in [6, 6.07) is 0.726. The molecule has 1 heterocycles. The summed E-state index contributed by atoms with van der Waals surface area (Å²) >= 11 is 0. The van der Waals surface area contributed by atoms with E-state index in [0.29, 0.717) is 12.5 Å². The number of hydrogen-bond donors (Lipinski definition) is 2. The van der Waals surface area contributed by atoms with Crippen molar-refractivity contribution in [1.82, 2.24) is 9.97 Å². The highest BCUT2D eigenvalue weighted by molar-refractivity contribution is 5.76. The zero-order valence-electron chi connectivity index (χ0n) is 10.4. The molecule has 0 saturated heterocycles. The van der Waals surface area contributed by atoms with Crippen LogP contribution in [0.1, 0.15) is 13.3 Å². The largest absolute Gasteiger partial charge is 0.480 e. The van der Waals surface area contributed by atoms with E-state index in [-0.39, 0.29) is 12.6 Å². The highest BCUT2D eigenvalue weighted by Crippen LogP contribution is 2.09. The van der Waals surface area contributed by atoms with Gasteiger partial charge in [0, 0.05) is 19.4 Å². The van der Waals surface area contributed by atoms with E-state index in [1.165, 1.54) is 13.3 Å². The molecule has 0 saturated carbocycles. The van der Waals surface area contributed by atoms with Gasteiger partial charge in [-0.2, -0.15) is 4.98 Å². The molecule has 2 N–H and O–H groups in total. The number of aliphatic carboxylic acids is 1. The first kappa shape index (κ1) is 14.2. The molecular weight excluding hydrogens is 238 g/mol. The fourth-order valence-electron chi connectivity index (χ4n) is 1.20. The third kappa shape index (κ3) is 4.54. The van der Waals surface area contributed by atoms with E-state index in [1.54, 1.807) is 6.07 Å². The third-order valence-corrected chi connectivity index (χ3v) is 2.02. The molecule has 0 bridgehead atoms. The summed E-state index contributed by atoms with van der Waals surface area (Å²) in [5.74, 6) is -0.413. The van der Waals surface area contributed by atoms with Crippen LogP contribution in [0.15, 0.2) is 12.3 Å². The number of aromatic nitrogens is 2. The Morgan fingerprint density at radius 1 is 1.61 bits per heavy atom. The van der Waals surface area contributed by atoms with Crippen LogP contribution >= 0.6 is 0 Å². The van der Waals surface area contributed by atoms with Crippen molar-refractivity contribution in [2.45, 2.75) is 19.4 Å². The van der Waals surface area contributed by atoms with Crippen molar-refractivity contribution in [1.29, 1.82) is 0 Å². The molecule has 0 aromatic carbocycles. The topological polar surface area (TPSA) is 93.6 Å². The molecule has 0 aliphatic heterocycles. The third-order valence-electron chi connectivity index (χ3n) is 2.02. The molecule has 7 heteroatoms. The smallest absolute Gasteiger partial charge is 0.328 e. The molecule has 0 amide bonds. The van der Waals surface area contributed by atoms with E-state index < -0.39 is 12.0 Å². The van der Waals surface area contributed by atoms with Crippen molar-refractivity contribution in [2.24, 2.45) is 0 Å². The Morgan fingerprint density at radius 3 is 3.00 bits per heavy atom. The summed E-state index contributed by atoms with van der Waals surface area (Å²) in [5.41, 5.74) is 0. The summed E-state index contributed by atoms with van der Waals surface area (Å²) in [6.07, 6.45) is 2.38. The number of rotatable bonds is 8. The zero-order valence-corrected chi connectivity index (χ0v) is 10.4. The Bertz CT molecular complexity index is 386. The van der Waals surface area contributed by atoms with Gasteiger partial charge < -0.3 is 19.9 Å². The minimum atomic E-state index is -1.03. The predicted molar refractivity (Wildman–Crippen MR) is 64.7 cm³/mol. The number of nitrogens with one attached hydrogen (secondary N) is 1. The molecule has 0 aliphatic carbocycles. The molecule has 1 atom stereocenters. The molecule has 1 aromatic heterocycles. The molecule has 0 aliphatic rings. The normalized spacial score (nSPS) is 11.9. The van der Waals surface area contributed by atoms with Crippen molar-refractivity contribution >= 4 is 11.9 Å². The van der Waals surface area contributed by atoms with Crippen molar-refractivity contribution in [3.63, 3.8) is 0 Å². The van der Waals surface area contributed by atoms with E-state index in [0.717, 1.165) is 6.42 Å². The molecule has 1 aromatic rings. The lowest BCUT2D eigenvalue weighted by Gasteiger charge is -2.13. The van der Waals surface area contributed by atoms with Crippen molar-refractivity contribution < 1.29 is 19.4 Å². The molecule has 100 valence electrons. The Kier molecular flexibility index (Phi) is 5.86. The van der Waals surface area contributed by atoms with Gasteiger partial charge in [-0.25, -0.2) is 9.78 Å². The van der Waals surface area contributed by atoms with E-state index >= 15 is 0 Å². The quantitative estimate of drug-likeness (QED) is 0.708. The first-order valence-corrected chi connectivity index (χ1v) is 5.61. The van der Waals surface area contributed by atoms with Crippen LogP contribution in [0.4, 0.5) is 5.95 Å². The average molecular weight is 255 g/mol. The molecular formula is C11H17N3O4. The van der Waals surface area contributed by atoms with Crippen LogP contribution in [0.25, 0.3) is 0 Å². The lowest BCUT2D eigenvalue weighted by molar-refractivity contribution is -0.139. The highest BCUT2D eigenvalue weighted by atomic mass is 16.5. The molecule has 7 nitrogen and oxygen atoms in total. The molecule has 0 fully saturated rings. The van der Waals surface area contributed by atoms with Crippen LogP contribution in [-0.2, 0) is 9.53 Å². The Labute approximate surface area is 105 Å². The standard InChI is InChI=1S/C11H17N3O4/c1-3-6-18-9-4-5-12-11(14-9)13-8(7-17-2)10(15)16/h4-5,8H,3,6-7H2,1-2H3,(H,15,16)(H,12,13,14). The maximum absolute atomic E-state index is 10.9. The number of carboxylic acid groups (broad SMARTS) is 1. The predicted octanol–water partition coefficient (Wildman–Crippen LogP) is 0.777. The number of carboxylic acids is 1. The van der Waals surface area contributed by atoms with Gasteiger partial charge in [0.05, 0.1) is 13.2 Å². The number of anilines is 1. The van der Waals surface area contributed by atoms with Gasteiger partial charge in [0.15, 0.2) is 6.04 Å². The minimum absolute atomic E-state index is 0.0265. The molecule has 1 unspecified atom stereocenters. The van der Waals surface area contributed by atoms with E-state index in [2.05, 4.69) is 15.3 Å². The van der Waals surface area contributed by atoms with Gasteiger partial charge in [-0.3, -0.25) is 0 Å². The van der Waals surface area contributed by atoms with E-state index in [9.17, 15) is 4.79 Å². The summed E-state index contributed by atoms with van der Waals surface area (Å²) < 4.78 is 10.1. The second-order valence-electron chi connectivity index (χ2n) is 3.56. The van der Waals surface area contributed by atoms with Crippen LogP contribution in [0.3, 0.4) is 0 Å². The summed E-state index contributed by atoms with van der Waals surface area (Å²) in [5, 5.41) is 11.6. The number of nitrogens with zero attached hydrogens (tertiary/aromatic N) is 2. The zero-order chi connectivity index (χ0) is 13.4. The highest BCUT2D eigenvalue weighted by Gasteiger charge is 2.18. The van der Waals surface area contributed by atoms with Crippen molar-refractivity contribution in [2.75, 3.05) is 25.6 Å². The summed E-state index contributed by atoms with van der Waals surface area (Å²) in [6.45, 7) is 2.56. The maximum Gasteiger partial charge on any atom is 0.328 e. The van der Waals surface area contributed by atoms with Gasteiger partial charge in [0.25, 0.3) is 0 Å². The lowest BCUT2D eigenvalue weighted by atomic mass is 10.3. The van der Waals surface area contributed by atoms with Gasteiger partial charge in [-0.15, -0.1) is 0 Å². The summed E-state index contributed by atoms with van der Waals surface area (Å²) in [7, 11) is 1.43. The Morgan fingerprint density at radius 2 is 2.39 bits per heavy atom. The fourth-order valence-corrected chi connectivity index (χ4v) is 1.20. The van der Waals surface area contributed by atoms with Crippen LogP contribution in [0.5, 0.6) is 5.88 Å². The second kappa shape index (κ2) is 7.44. The number of ether oxygens (including phenoxy) is 2. The summed E-state index contributed by atoms with van der Waals surface area (Å²) in [4.78, 5) is 18.9. The number of hydrogen-bond acceptors (Lipinski definition) is 6. The van der Waals surface area contributed by atoms with E-state index in [4.69, 9.17) is 14.6 Å². The number of carbonyl (C=O) groups is 1. The van der Waals surface area contributed by atoms with Gasteiger partial charge in [-0.05, 0) is 6.42 Å². The van der Waals surface area contributed by atoms with Gasteiger partial charge >= 0.3 is 5.97 Å². The minimum Gasteiger partial charge on any atom is -0.480 e. The maximum atomic E-state index is 10.9. The van der Waals surface area contributed by atoms with Crippen LogP contribution in [-0.4, -0.2) is 47.4 Å². The van der Waals surface area contributed by atoms with Crippen molar-refractivity contribution in [3.8, 4) is 5.88 Å². The monoisotopic (exact) mass is 255 g/mol. The van der Waals surface area contributed by atoms with Gasteiger partial charge in [-0.1, -0.05) is 6.92 Å². The molecule has 1 rings (SSSR count). The first-order valence-electron chi connectivity index (χ1n) is 5.61. The lowest BCUT2D eigenvalue weighted by Crippen LogP contribution is -2.34. The van der Waals surface area contributed by atoms with Gasteiger partial charge in [0.2, 0.25) is 11.8 Å². The average Bonchev–Trinajstić information content (AvgIpc) is 2.36.